The second-order valence-corrected chi connectivity index (χ2v) is 6.39. The number of aryl methyl sites for hydroxylation is 1. The standard InChI is InChI=1S/C19H26N4O2/c1-13-11-18(22-19(20)21-13)23-10-6-4-5-7-16(23)15-9-8-14(24-2)12-17(15)25-3/h8-9,11-12,16H,4-7,10H2,1-3H3,(H2,20,21,22). The molecule has 2 N–H and O–H groups in total. The van der Waals surface area contributed by atoms with Crippen LogP contribution in [-0.4, -0.2) is 30.7 Å². The summed E-state index contributed by atoms with van der Waals surface area (Å²) in [6, 6.07) is 8.22. The maximum Gasteiger partial charge on any atom is 0.222 e. The van der Waals surface area contributed by atoms with Crippen LogP contribution in [0.2, 0.25) is 0 Å². The number of benzene rings is 1. The Morgan fingerprint density at radius 2 is 1.92 bits per heavy atom. The summed E-state index contributed by atoms with van der Waals surface area (Å²) in [4.78, 5) is 11.0. The molecule has 0 amide bonds. The quantitative estimate of drug-likeness (QED) is 0.916. The van der Waals surface area contributed by atoms with Crippen molar-refractivity contribution in [1.29, 1.82) is 0 Å². The Hall–Kier alpha value is -2.50. The number of nitrogen functional groups attached to an aromatic ring is 1. The minimum absolute atomic E-state index is 0.192. The fraction of sp³-hybridized carbons (Fsp3) is 0.474. The number of nitrogens with zero attached hydrogens (tertiary/aromatic N) is 3. The maximum atomic E-state index is 5.89. The van der Waals surface area contributed by atoms with E-state index in [9.17, 15) is 0 Å². The Morgan fingerprint density at radius 3 is 2.64 bits per heavy atom. The molecule has 1 fully saturated rings. The van der Waals surface area contributed by atoms with Crippen LogP contribution in [0.25, 0.3) is 0 Å². The van der Waals surface area contributed by atoms with Crippen LogP contribution in [0, 0.1) is 6.92 Å². The second-order valence-electron chi connectivity index (χ2n) is 6.39. The minimum atomic E-state index is 0.192. The molecule has 0 radical (unpaired) electrons. The first-order chi connectivity index (χ1) is 12.1. The van der Waals surface area contributed by atoms with E-state index in [2.05, 4.69) is 20.9 Å². The van der Waals surface area contributed by atoms with Crippen LogP contribution in [-0.2, 0) is 0 Å². The van der Waals surface area contributed by atoms with Crippen molar-refractivity contribution in [3.8, 4) is 11.5 Å². The number of hydrogen-bond acceptors (Lipinski definition) is 6. The molecule has 1 unspecified atom stereocenters. The van der Waals surface area contributed by atoms with Crippen LogP contribution in [0.1, 0.15) is 43.0 Å². The van der Waals surface area contributed by atoms with Gasteiger partial charge in [-0.25, -0.2) is 4.98 Å². The highest BCUT2D eigenvalue weighted by molar-refractivity contribution is 5.50. The van der Waals surface area contributed by atoms with Crippen LogP contribution in [0.15, 0.2) is 24.3 Å². The van der Waals surface area contributed by atoms with E-state index in [1.54, 1.807) is 14.2 Å². The zero-order valence-corrected chi connectivity index (χ0v) is 15.2. The Labute approximate surface area is 149 Å². The van der Waals surface area contributed by atoms with Crippen molar-refractivity contribution in [2.24, 2.45) is 0 Å². The summed E-state index contributed by atoms with van der Waals surface area (Å²) in [6.45, 7) is 2.89. The average Bonchev–Trinajstić information content (AvgIpc) is 2.86. The fourth-order valence-electron chi connectivity index (χ4n) is 3.52. The minimum Gasteiger partial charge on any atom is -0.497 e. The van der Waals surface area contributed by atoms with Gasteiger partial charge in [-0.15, -0.1) is 0 Å². The summed E-state index contributed by atoms with van der Waals surface area (Å²) in [5.74, 6) is 2.84. The van der Waals surface area contributed by atoms with Gasteiger partial charge in [0.25, 0.3) is 0 Å². The van der Waals surface area contributed by atoms with Gasteiger partial charge in [-0.2, -0.15) is 4.98 Å². The molecule has 1 atom stereocenters. The summed E-state index contributed by atoms with van der Waals surface area (Å²) in [6.07, 6.45) is 4.57. The highest BCUT2D eigenvalue weighted by Gasteiger charge is 2.27. The van der Waals surface area contributed by atoms with E-state index in [0.717, 1.165) is 48.0 Å². The SMILES string of the molecule is COc1ccc(C2CCCCCN2c2cc(C)nc(N)n2)c(OC)c1. The van der Waals surface area contributed by atoms with E-state index in [4.69, 9.17) is 15.2 Å². The smallest absolute Gasteiger partial charge is 0.222 e. The summed E-state index contributed by atoms with van der Waals surface area (Å²) >= 11 is 0. The lowest BCUT2D eigenvalue weighted by Gasteiger charge is -2.32. The predicted molar refractivity (Wildman–Crippen MR) is 99.3 cm³/mol. The topological polar surface area (TPSA) is 73.5 Å². The number of hydrogen-bond donors (Lipinski definition) is 1. The lowest BCUT2D eigenvalue weighted by Crippen LogP contribution is -2.30. The highest BCUT2D eigenvalue weighted by Crippen LogP contribution is 2.39. The van der Waals surface area contributed by atoms with Crippen LogP contribution in [0.5, 0.6) is 11.5 Å². The Balaban J connectivity index is 2.04. The molecule has 0 aliphatic carbocycles. The van der Waals surface area contributed by atoms with Gasteiger partial charge in [0.15, 0.2) is 0 Å². The molecule has 2 heterocycles. The first-order valence-corrected chi connectivity index (χ1v) is 8.72. The van der Waals surface area contributed by atoms with Crippen LogP contribution in [0.4, 0.5) is 11.8 Å². The van der Waals surface area contributed by atoms with E-state index in [1.165, 1.54) is 12.8 Å². The number of methoxy groups -OCH3 is 2. The molecule has 1 aromatic heterocycles. The van der Waals surface area contributed by atoms with Gasteiger partial charge in [0.1, 0.15) is 17.3 Å². The van der Waals surface area contributed by atoms with Crippen LogP contribution < -0.4 is 20.1 Å². The molecule has 3 rings (SSSR count). The molecule has 134 valence electrons. The zero-order chi connectivity index (χ0) is 17.8. The molecule has 0 bridgehead atoms. The predicted octanol–water partition coefficient (Wildman–Crippen LogP) is 3.51. The molecule has 6 heteroatoms. The maximum absolute atomic E-state index is 5.89. The van der Waals surface area contributed by atoms with Gasteiger partial charge in [0.2, 0.25) is 5.95 Å². The molecule has 1 aliphatic heterocycles. The van der Waals surface area contributed by atoms with Gasteiger partial charge in [-0.3, -0.25) is 0 Å². The normalized spacial score (nSPS) is 17.9. The van der Waals surface area contributed by atoms with E-state index in [1.807, 2.05) is 25.1 Å². The van der Waals surface area contributed by atoms with Gasteiger partial charge >= 0.3 is 0 Å². The monoisotopic (exact) mass is 342 g/mol. The molecule has 1 saturated heterocycles. The fourth-order valence-corrected chi connectivity index (χ4v) is 3.52. The first kappa shape index (κ1) is 17.3. The highest BCUT2D eigenvalue weighted by atomic mass is 16.5. The molecule has 1 aromatic carbocycles. The number of nitrogens with two attached hydrogens (primary N) is 1. The molecule has 2 aromatic rings. The molecule has 6 nitrogen and oxygen atoms in total. The zero-order valence-electron chi connectivity index (χ0n) is 15.2. The van der Waals surface area contributed by atoms with Crippen molar-refractivity contribution in [1.82, 2.24) is 9.97 Å². The van der Waals surface area contributed by atoms with E-state index >= 15 is 0 Å². The number of rotatable bonds is 4. The number of aromatic nitrogens is 2. The largest absolute Gasteiger partial charge is 0.497 e. The third-order valence-electron chi connectivity index (χ3n) is 4.70. The lowest BCUT2D eigenvalue weighted by atomic mass is 9.99. The number of ether oxygens (including phenoxy) is 2. The molecule has 0 saturated carbocycles. The number of anilines is 2. The summed E-state index contributed by atoms with van der Waals surface area (Å²) < 4.78 is 11.0. The summed E-state index contributed by atoms with van der Waals surface area (Å²) in [5, 5.41) is 0. The van der Waals surface area contributed by atoms with Crippen LogP contribution in [0.3, 0.4) is 0 Å². The Bertz CT molecular complexity index is 715. The Kier molecular flexibility index (Phi) is 5.26. The van der Waals surface area contributed by atoms with Crippen molar-refractivity contribution in [3.05, 3.63) is 35.5 Å². The van der Waals surface area contributed by atoms with Gasteiger partial charge < -0.3 is 20.1 Å². The van der Waals surface area contributed by atoms with Crippen molar-refractivity contribution in [3.63, 3.8) is 0 Å². The van der Waals surface area contributed by atoms with Gasteiger partial charge in [-0.05, 0) is 31.9 Å². The Morgan fingerprint density at radius 1 is 1.08 bits per heavy atom. The van der Waals surface area contributed by atoms with Crippen LogP contribution >= 0.6 is 0 Å². The molecule has 1 aliphatic rings. The average molecular weight is 342 g/mol. The third-order valence-corrected chi connectivity index (χ3v) is 4.70. The van der Waals surface area contributed by atoms with Gasteiger partial charge in [0, 0.05) is 29.9 Å². The molecule has 25 heavy (non-hydrogen) atoms. The first-order valence-electron chi connectivity index (χ1n) is 8.72. The lowest BCUT2D eigenvalue weighted by molar-refractivity contribution is 0.386. The molecular weight excluding hydrogens is 316 g/mol. The second kappa shape index (κ2) is 7.59. The molecule has 0 spiro atoms. The van der Waals surface area contributed by atoms with Crippen molar-refractivity contribution in [2.45, 2.75) is 38.6 Å². The third kappa shape index (κ3) is 3.78. The summed E-state index contributed by atoms with van der Waals surface area (Å²) in [5.41, 5.74) is 7.93. The van der Waals surface area contributed by atoms with E-state index in [0.29, 0.717) is 5.95 Å². The molecular formula is C19H26N4O2. The van der Waals surface area contributed by atoms with Crippen molar-refractivity contribution in [2.75, 3.05) is 31.4 Å². The van der Waals surface area contributed by atoms with E-state index < -0.39 is 0 Å². The van der Waals surface area contributed by atoms with Gasteiger partial charge in [-0.1, -0.05) is 12.8 Å². The summed E-state index contributed by atoms with van der Waals surface area (Å²) in [7, 11) is 3.37. The van der Waals surface area contributed by atoms with Crippen molar-refractivity contribution >= 4 is 11.8 Å². The van der Waals surface area contributed by atoms with Gasteiger partial charge in [0.05, 0.1) is 20.3 Å². The van der Waals surface area contributed by atoms with Crippen molar-refractivity contribution < 1.29 is 9.47 Å². The van der Waals surface area contributed by atoms with E-state index in [-0.39, 0.29) is 6.04 Å².